The normalized spacial score (nSPS) is 10.7. The third-order valence-corrected chi connectivity index (χ3v) is 3.55. The first-order chi connectivity index (χ1) is 11.2. The summed E-state index contributed by atoms with van der Waals surface area (Å²) < 4.78 is 10.2. The number of pyridine rings is 1. The summed E-state index contributed by atoms with van der Waals surface area (Å²) in [5, 5.41) is 10.8. The lowest BCUT2D eigenvalue weighted by molar-refractivity contribution is 0.0521. The van der Waals surface area contributed by atoms with Crippen LogP contribution in [0, 0.1) is 0 Å². The zero-order chi connectivity index (χ0) is 16.4. The Morgan fingerprint density at radius 3 is 2.70 bits per heavy atom. The molecule has 2 aromatic heterocycles. The molecule has 0 radical (unpaired) electrons. The van der Waals surface area contributed by atoms with Crippen molar-refractivity contribution in [1.29, 1.82) is 0 Å². The molecule has 118 valence electrons. The van der Waals surface area contributed by atoms with Crippen LogP contribution < -0.4 is 4.74 Å². The number of nitrogens with one attached hydrogen (secondary N) is 1. The van der Waals surface area contributed by atoms with Gasteiger partial charge in [0.2, 0.25) is 0 Å². The SMILES string of the molecule is CCOC(=O)c1[nH]c2cc(OC)c(O)cc2c1-c1ccncc1. The van der Waals surface area contributed by atoms with E-state index in [1.54, 1.807) is 43.6 Å². The zero-order valence-corrected chi connectivity index (χ0v) is 12.8. The van der Waals surface area contributed by atoms with Crippen LogP contribution in [0.25, 0.3) is 22.0 Å². The van der Waals surface area contributed by atoms with Gasteiger partial charge in [0.15, 0.2) is 11.5 Å². The maximum atomic E-state index is 12.3. The maximum Gasteiger partial charge on any atom is 0.355 e. The molecule has 3 rings (SSSR count). The van der Waals surface area contributed by atoms with E-state index in [1.807, 2.05) is 0 Å². The van der Waals surface area contributed by atoms with Gasteiger partial charge in [0, 0.05) is 29.4 Å². The van der Waals surface area contributed by atoms with E-state index in [9.17, 15) is 9.90 Å². The van der Waals surface area contributed by atoms with Crippen LogP contribution in [0.15, 0.2) is 36.7 Å². The number of benzene rings is 1. The number of carbonyl (C=O) groups is 1. The molecule has 0 atom stereocenters. The molecular formula is C17H16N2O4. The second-order valence-electron chi connectivity index (χ2n) is 4.90. The highest BCUT2D eigenvalue weighted by molar-refractivity contribution is 6.08. The van der Waals surface area contributed by atoms with Crippen molar-refractivity contribution in [2.75, 3.05) is 13.7 Å². The monoisotopic (exact) mass is 312 g/mol. The Hall–Kier alpha value is -3.02. The first-order valence-electron chi connectivity index (χ1n) is 7.16. The van der Waals surface area contributed by atoms with E-state index in [1.165, 1.54) is 7.11 Å². The number of H-pyrrole nitrogens is 1. The first kappa shape index (κ1) is 14.9. The van der Waals surface area contributed by atoms with Gasteiger partial charge in [-0.15, -0.1) is 0 Å². The molecule has 0 aliphatic carbocycles. The van der Waals surface area contributed by atoms with Gasteiger partial charge in [0.1, 0.15) is 5.69 Å². The number of aromatic nitrogens is 2. The van der Waals surface area contributed by atoms with E-state index < -0.39 is 5.97 Å². The Labute approximate surface area is 132 Å². The van der Waals surface area contributed by atoms with Gasteiger partial charge >= 0.3 is 5.97 Å². The third kappa shape index (κ3) is 2.59. The van der Waals surface area contributed by atoms with E-state index in [2.05, 4.69) is 9.97 Å². The Bertz CT molecular complexity index is 856. The minimum Gasteiger partial charge on any atom is -0.504 e. The van der Waals surface area contributed by atoms with Crippen molar-refractivity contribution < 1.29 is 19.4 Å². The topological polar surface area (TPSA) is 84.4 Å². The van der Waals surface area contributed by atoms with Crippen molar-refractivity contribution >= 4 is 16.9 Å². The highest BCUT2D eigenvalue weighted by Gasteiger charge is 2.21. The molecule has 0 aliphatic rings. The van der Waals surface area contributed by atoms with Crippen LogP contribution in [0.1, 0.15) is 17.4 Å². The molecule has 0 spiro atoms. The quantitative estimate of drug-likeness (QED) is 0.723. The highest BCUT2D eigenvalue weighted by Crippen LogP contribution is 2.38. The van der Waals surface area contributed by atoms with Crippen molar-refractivity contribution in [3.63, 3.8) is 0 Å². The molecule has 0 unspecified atom stereocenters. The van der Waals surface area contributed by atoms with Gasteiger partial charge in [-0.05, 0) is 30.7 Å². The molecule has 0 aliphatic heterocycles. The molecule has 2 N–H and O–H groups in total. The molecule has 0 bridgehead atoms. The summed E-state index contributed by atoms with van der Waals surface area (Å²) in [5.41, 5.74) is 2.48. The van der Waals surface area contributed by atoms with Gasteiger partial charge in [-0.2, -0.15) is 0 Å². The lowest BCUT2D eigenvalue weighted by atomic mass is 10.0. The van der Waals surface area contributed by atoms with Gasteiger partial charge < -0.3 is 19.6 Å². The minimum absolute atomic E-state index is 0.00437. The van der Waals surface area contributed by atoms with Crippen LogP contribution in [0.4, 0.5) is 0 Å². The third-order valence-electron chi connectivity index (χ3n) is 3.55. The number of methoxy groups -OCH3 is 1. The number of phenols is 1. The van der Waals surface area contributed by atoms with Gasteiger partial charge in [0.05, 0.1) is 19.2 Å². The van der Waals surface area contributed by atoms with Crippen molar-refractivity contribution in [2.24, 2.45) is 0 Å². The van der Waals surface area contributed by atoms with Crippen LogP contribution >= 0.6 is 0 Å². The molecule has 6 heteroatoms. The number of fused-ring (bicyclic) bond motifs is 1. The summed E-state index contributed by atoms with van der Waals surface area (Å²) in [6, 6.07) is 6.82. The summed E-state index contributed by atoms with van der Waals surface area (Å²) >= 11 is 0. The Balaban J connectivity index is 2.30. The lowest BCUT2D eigenvalue weighted by Crippen LogP contribution is -2.06. The largest absolute Gasteiger partial charge is 0.504 e. The molecule has 2 heterocycles. The van der Waals surface area contributed by atoms with Gasteiger partial charge in [-0.1, -0.05) is 0 Å². The van der Waals surface area contributed by atoms with Crippen LogP contribution in [0.3, 0.4) is 0 Å². The number of carbonyl (C=O) groups excluding carboxylic acids is 1. The van der Waals surface area contributed by atoms with Gasteiger partial charge in [-0.3, -0.25) is 4.98 Å². The number of aromatic amines is 1. The van der Waals surface area contributed by atoms with Crippen molar-refractivity contribution in [2.45, 2.75) is 6.92 Å². The number of ether oxygens (including phenoxy) is 2. The average molecular weight is 312 g/mol. The van der Waals surface area contributed by atoms with Crippen molar-refractivity contribution in [3.05, 3.63) is 42.4 Å². The second kappa shape index (κ2) is 6.00. The summed E-state index contributed by atoms with van der Waals surface area (Å²) in [4.78, 5) is 19.3. The van der Waals surface area contributed by atoms with Crippen LogP contribution in [-0.4, -0.2) is 34.8 Å². The van der Waals surface area contributed by atoms with E-state index in [0.717, 1.165) is 5.56 Å². The summed E-state index contributed by atoms with van der Waals surface area (Å²) in [6.07, 6.45) is 3.29. The lowest BCUT2D eigenvalue weighted by Gasteiger charge is -2.06. The molecule has 0 saturated heterocycles. The Kier molecular flexibility index (Phi) is 3.89. The standard InChI is InChI=1S/C17H16N2O4/c1-3-23-17(21)16-15(10-4-6-18-7-5-10)11-8-13(20)14(22-2)9-12(11)19-16/h4-9,19-20H,3H2,1-2H3. The van der Waals surface area contributed by atoms with Crippen molar-refractivity contribution in [3.8, 4) is 22.6 Å². The number of hydrogen-bond donors (Lipinski definition) is 2. The van der Waals surface area contributed by atoms with Crippen LogP contribution in [0.5, 0.6) is 11.5 Å². The number of rotatable bonds is 4. The minimum atomic E-state index is -0.450. The zero-order valence-electron chi connectivity index (χ0n) is 12.8. The molecular weight excluding hydrogens is 296 g/mol. The molecule has 3 aromatic rings. The predicted molar refractivity (Wildman–Crippen MR) is 85.7 cm³/mol. The Morgan fingerprint density at radius 1 is 1.30 bits per heavy atom. The molecule has 0 amide bonds. The molecule has 1 aromatic carbocycles. The molecule has 6 nitrogen and oxygen atoms in total. The smallest absolute Gasteiger partial charge is 0.355 e. The number of esters is 1. The molecule has 23 heavy (non-hydrogen) atoms. The molecule has 0 fully saturated rings. The number of phenolic OH excluding ortho intramolecular Hbond substituents is 1. The fraction of sp³-hybridized carbons (Fsp3) is 0.176. The highest BCUT2D eigenvalue weighted by atomic mass is 16.5. The predicted octanol–water partition coefficient (Wildman–Crippen LogP) is 3.12. The number of aromatic hydroxyl groups is 1. The van der Waals surface area contributed by atoms with E-state index in [0.29, 0.717) is 27.9 Å². The van der Waals surface area contributed by atoms with Crippen LogP contribution in [-0.2, 0) is 4.74 Å². The average Bonchev–Trinajstić information content (AvgIpc) is 2.93. The first-order valence-corrected chi connectivity index (χ1v) is 7.16. The summed E-state index contributed by atoms with van der Waals surface area (Å²) in [6.45, 7) is 2.03. The summed E-state index contributed by atoms with van der Waals surface area (Å²) in [5.74, 6) is -0.117. The van der Waals surface area contributed by atoms with Crippen LogP contribution in [0.2, 0.25) is 0 Å². The summed E-state index contributed by atoms with van der Waals surface area (Å²) in [7, 11) is 1.47. The molecule has 0 saturated carbocycles. The fourth-order valence-corrected chi connectivity index (χ4v) is 2.55. The fourth-order valence-electron chi connectivity index (χ4n) is 2.55. The van der Waals surface area contributed by atoms with E-state index >= 15 is 0 Å². The number of hydrogen-bond acceptors (Lipinski definition) is 5. The van der Waals surface area contributed by atoms with E-state index in [-0.39, 0.29) is 12.4 Å². The second-order valence-corrected chi connectivity index (χ2v) is 4.90. The van der Waals surface area contributed by atoms with Gasteiger partial charge in [-0.25, -0.2) is 4.79 Å². The number of nitrogens with zero attached hydrogens (tertiary/aromatic N) is 1. The van der Waals surface area contributed by atoms with E-state index in [4.69, 9.17) is 9.47 Å². The van der Waals surface area contributed by atoms with Crippen molar-refractivity contribution in [1.82, 2.24) is 9.97 Å². The Morgan fingerprint density at radius 2 is 2.04 bits per heavy atom. The van der Waals surface area contributed by atoms with Gasteiger partial charge in [0.25, 0.3) is 0 Å². The maximum absolute atomic E-state index is 12.3.